The number of rotatable bonds is 6. The lowest BCUT2D eigenvalue weighted by Crippen LogP contribution is -2.22. The van der Waals surface area contributed by atoms with Gasteiger partial charge in [-0.05, 0) is 35.4 Å². The number of hydrogen-bond acceptors (Lipinski definition) is 4. The summed E-state index contributed by atoms with van der Waals surface area (Å²) in [5.41, 5.74) is 3.24. The summed E-state index contributed by atoms with van der Waals surface area (Å²) in [6.45, 7) is 0.414. The molecule has 2 heterocycles. The average molecular weight is 304 g/mol. The Kier molecular flexibility index (Phi) is 5.85. The van der Waals surface area contributed by atoms with Gasteiger partial charge in [0.05, 0.1) is 23.9 Å². The first-order chi connectivity index (χ1) is 11.2. The van der Waals surface area contributed by atoms with Crippen molar-refractivity contribution in [3.63, 3.8) is 0 Å². The van der Waals surface area contributed by atoms with Crippen LogP contribution in [0, 0.1) is 23.7 Å². The van der Waals surface area contributed by atoms with Crippen LogP contribution in [0.4, 0.5) is 0 Å². The van der Waals surface area contributed by atoms with Gasteiger partial charge in [0.2, 0.25) is 5.91 Å². The molecule has 0 saturated heterocycles. The number of carbonyl (C=O) groups excluding carboxylic acids is 1. The van der Waals surface area contributed by atoms with Gasteiger partial charge in [0.15, 0.2) is 0 Å². The Morgan fingerprint density at radius 2 is 1.83 bits per heavy atom. The van der Waals surface area contributed by atoms with Gasteiger partial charge in [-0.15, -0.1) is 12.3 Å². The van der Waals surface area contributed by atoms with E-state index in [0.717, 1.165) is 11.1 Å². The minimum absolute atomic E-state index is 0.0737. The SMILES string of the molecule is C#CCCC(=O)NCc1ccnc(-c2cc(CC#N)ccn2)c1. The lowest BCUT2D eigenvalue weighted by atomic mass is 10.1. The molecule has 0 radical (unpaired) electrons. The van der Waals surface area contributed by atoms with E-state index in [-0.39, 0.29) is 5.91 Å². The number of amides is 1. The van der Waals surface area contributed by atoms with Crippen molar-refractivity contribution in [2.45, 2.75) is 25.8 Å². The largest absolute Gasteiger partial charge is 0.352 e. The number of carbonyl (C=O) groups is 1. The molecular weight excluding hydrogens is 288 g/mol. The van der Waals surface area contributed by atoms with E-state index in [9.17, 15) is 4.79 Å². The van der Waals surface area contributed by atoms with Crippen LogP contribution < -0.4 is 5.32 Å². The second kappa shape index (κ2) is 8.31. The first-order valence-corrected chi connectivity index (χ1v) is 7.20. The summed E-state index contributed by atoms with van der Waals surface area (Å²) in [6.07, 6.45) is 9.57. The molecule has 0 aliphatic carbocycles. The minimum Gasteiger partial charge on any atom is -0.352 e. The normalized spacial score (nSPS) is 9.65. The Morgan fingerprint density at radius 1 is 1.17 bits per heavy atom. The van der Waals surface area contributed by atoms with E-state index in [4.69, 9.17) is 11.7 Å². The van der Waals surface area contributed by atoms with Crippen molar-refractivity contribution in [2.24, 2.45) is 0 Å². The maximum absolute atomic E-state index is 11.6. The molecule has 0 spiro atoms. The van der Waals surface area contributed by atoms with Crippen LogP contribution in [-0.2, 0) is 17.8 Å². The number of hydrogen-bond donors (Lipinski definition) is 1. The van der Waals surface area contributed by atoms with Crippen LogP contribution in [0.3, 0.4) is 0 Å². The molecule has 0 aromatic carbocycles. The van der Waals surface area contributed by atoms with E-state index in [2.05, 4.69) is 27.3 Å². The zero-order valence-electron chi connectivity index (χ0n) is 12.6. The first-order valence-electron chi connectivity index (χ1n) is 7.20. The van der Waals surface area contributed by atoms with E-state index in [1.165, 1.54) is 0 Å². The highest BCUT2D eigenvalue weighted by Crippen LogP contribution is 2.17. The minimum atomic E-state index is -0.0737. The molecule has 114 valence electrons. The molecule has 0 aliphatic rings. The second-order valence-electron chi connectivity index (χ2n) is 4.91. The van der Waals surface area contributed by atoms with E-state index < -0.39 is 0 Å². The lowest BCUT2D eigenvalue weighted by Gasteiger charge is -2.07. The molecule has 0 bridgehead atoms. The Morgan fingerprint density at radius 3 is 2.48 bits per heavy atom. The highest BCUT2D eigenvalue weighted by atomic mass is 16.1. The molecule has 0 atom stereocenters. The second-order valence-corrected chi connectivity index (χ2v) is 4.91. The summed E-state index contributed by atoms with van der Waals surface area (Å²) in [4.78, 5) is 20.2. The molecule has 1 amide bonds. The monoisotopic (exact) mass is 304 g/mol. The molecule has 2 aromatic rings. The molecule has 0 saturated carbocycles. The standard InChI is InChI=1S/C18H16N4O/c1-2-3-4-18(23)22-13-15-7-10-21-17(12-15)16-11-14(5-8-19)6-9-20-16/h1,6-7,9-12H,3-5,13H2,(H,22,23). The zero-order chi connectivity index (χ0) is 16.5. The summed E-state index contributed by atoms with van der Waals surface area (Å²) in [6, 6.07) is 9.48. The van der Waals surface area contributed by atoms with Gasteiger partial charge in [0.25, 0.3) is 0 Å². The van der Waals surface area contributed by atoms with Crippen LogP contribution in [0.15, 0.2) is 36.7 Å². The molecule has 0 aliphatic heterocycles. The molecule has 2 aromatic heterocycles. The van der Waals surface area contributed by atoms with Crippen molar-refractivity contribution in [1.82, 2.24) is 15.3 Å². The van der Waals surface area contributed by atoms with Crippen LogP contribution in [-0.4, -0.2) is 15.9 Å². The van der Waals surface area contributed by atoms with Crippen LogP contribution in [0.2, 0.25) is 0 Å². The molecule has 1 N–H and O–H groups in total. The molecule has 0 fully saturated rings. The third-order valence-electron chi connectivity index (χ3n) is 3.18. The Bertz CT molecular complexity index is 771. The third-order valence-corrected chi connectivity index (χ3v) is 3.18. The van der Waals surface area contributed by atoms with E-state index in [1.54, 1.807) is 12.4 Å². The topological polar surface area (TPSA) is 78.7 Å². The van der Waals surface area contributed by atoms with E-state index >= 15 is 0 Å². The van der Waals surface area contributed by atoms with Gasteiger partial charge in [0.1, 0.15) is 0 Å². The van der Waals surface area contributed by atoms with Gasteiger partial charge >= 0.3 is 0 Å². The van der Waals surface area contributed by atoms with Crippen molar-refractivity contribution >= 4 is 5.91 Å². The number of nitriles is 1. The van der Waals surface area contributed by atoms with Gasteiger partial charge in [-0.25, -0.2) is 0 Å². The van der Waals surface area contributed by atoms with Crippen molar-refractivity contribution in [2.75, 3.05) is 0 Å². The Hall–Kier alpha value is -3.18. The van der Waals surface area contributed by atoms with Crippen molar-refractivity contribution < 1.29 is 4.79 Å². The molecule has 23 heavy (non-hydrogen) atoms. The molecule has 5 heteroatoms. The summed E-state index contributed by atoms with van der Waals surface area (Å²) < 4.78 is 0. The van der Waals surface area contributed by atoms with Crippen LogP contribution in [0.1, 0.15) is 24.0 Å². The fraction of sp³-hybridized carbons (Fsp3) is 0.222. The Balaban J connectivity index is 2.08. The average Bonchev–Trinajstić information content (AvgIpc) is 2.59. The fourth-order valence-electron chi connectivity index (χ4n) is 2.01. The molecule has 0 unspecified atom stereocenters. The van der Waals surface area contributed by atoms with E-state index in [1.807, 2.05) is 24.3 Å². The maximum Gasteiger partial charge on any atom is 0.221 e. The highest BCUT2D eigenvalue weighted by Gasteiger charge is 2.05. The summed E-state index contributed by atoms with van der Waals surface area (Å²) >= 11 is 0. The number of pyridine rings is 2. The molecule has 2 rings (SSSR count). The van der Waals surface area contributed by atoms with Crippen LogP contribution in [0.5, 0.6) is 0 Å². The fourth-order valence-corrected chi connectivity index (χ4v) is 2.01. The number of terminal acetylenes is 1. The Labute approximate surface area is 135 Å². The van der Waals surface area contributed by atoms with Gasteiger partial charge in [0, 0.05) is 31.8 Å². The number of aromatic nitrogens is 2. The molecular formula is C18H16N4O. The molecule has 5 nitrogen and oxygen atoms in total. The van der Waals surface area contributed by atoms with Crippen molar-refractivity contribution in [1.29, 1.82) is 5.26 Å². The number of nitrogens with one attached hydrogen (secondary N) is 1. The van der Waals surface area contributed by atoms with Crippen molar-refractivity contribution in [3.8, 4) is 29.8 Å². The summed E-state index contributed by atoms with van der Waals surface area (Å²) in [5.74, 6) is 2.37. The quantitative estimate of drug-likeness (QED) is 0.830. The smallest absolute Gasteiger partial charge is 0.221 e. The van der Waals surface area contributed by atoms with E-state index in [0.29, 0.717) is 37.2 Å². The predicted octanol–water partition coefficient (Wildman–Crippen LogP) is 2.24. The maximum atomic E-state index is 11.6. The highest BCUT2D eigenvalue weighted by molar-refractivity contribution is 5.76. The summed E-state index contributed by atoms with van der Waals surface area (Å²) in [7, 11) is 0. The zero-order valence-corrected chi connectivity index (χ0v) is 12.6. The predicted molar refractivity (Wildman–Crippen MR) is 86.7 cm³/mol. The van der Waals surface area contributed by atoms with Gasteiger partial charge in [-0.1, -0.05) is 0 Å². The first kappa shape index (κ1) is 16.2. The summed E-state index contributed by atoms with van der Waals surface area (Å²) in [5, 5.41) is 11.6. The van der Waals surface area contributed by atoms with Crippen LogP contribution in [0.25, 0.3) is 11.4 Å². The van der Waals surface area contributed by atoms with Gasteiger partial charge < -0.3 is 5.32 Å². The van der Waals surface area contributed by atoms with Crippen molar-refractivity contribution in [3.05, 3.63) is 47.8 Å². The lowest BCUT2D eigenvalue weighted by molar-refractivity contribution is -0.121. The van der Waals surface area contributed by atoms with Gasteiger partial charge in [-0.2, -0.15) is 5.26 Å². The van der Waals surface area contributed by atoms with Crippen LogP contribution >= 0.6 is 0 Å². The van der Waals surface area contributed by atoms with Gasteiger partial charge in [-0.3, -0.25) is 14.8 Å². The number of nitrogens with zero attached hydrogens (tertiary/aromatic N) is 3. The third kappa shape index (κ3) is 4.94.